The van der Waals surface area contributed by atoms with Crippen LogP contribution in [-0.4, -0.2) is 22.7 Å². The first-order valence-electron chi connectivity index (χ1n) is 10.7. The number of unbranched alkanes of at least 4 members (excludes halogenated alkanes) is 4. The monoisotopic (exact) mass is 455 g/mol. The highest BCUT2D eigenvalue weighted by Crippen LogP contribution is 2.28. The van der Waals surface area contributed by atoms with Gasteiger partial charge in [0, 0.05) is 11.3 Å². The molecule has 3 aromatic rings. The summed E-state index contributed by atoms with van der Waals surface area (Å²) in [4.78, 5) is 12.5. The molecule has 1 amide bonds. The number of amides is 1. The number of hydrogen-bond donors (Lipinski definition) is 1. The van der Waals surface area contributed by atoms with Gasteiger partial charge in [-0.3, -0.25) is 10.1 Å². The summed E-state index contributed by atoms with van der Waals surface area (Å²) in [5, 5.41) is 11.6. The van der Waals surface area contributed by atoms with Gasteiger partial charge in [0.1, 0.15) is 5.75 Å². The van der Waals surface area contributed by atoms with E-state index in [4.69, 9.17) is 4.74 Å². The summed E-state index contributed by atoms with van der Waals surface area (Å²) < 4.78 is 6.59. The van der Waals surface area contributed by atoms with E-state index in [1.165, 1.54) is 48.1 Å². The zero-order chi connectivity index (χ0) is 21.9. The number of thioether (sulfide) groups is 1. The van der Waals surface area contributed by atoms with Crippen molar-refractivity contribution in [3.05, 3.63) is 65.2 Å². The first kappa shape index (κ1) is 23.3. The maximum absolute atomic E-state index is 12.5. The minimum atomic E-state index is -0.197. The summed E-state index contributed by atoms with van der Waals surface area (Å²) in [5.74, 6) is 1.42. The van der Waals surface area contributed by atoms with Gasteiger partial charge in [-0.2, -0.15) is 0 Å². The standard InChI is InChI=1S/C24H29N3O2S2/c1-3-4-5-6-7-15-29-21-13-11-20(12-14-21)22(28)25-23-26-27-24(31-23)30-17-19-10-8-9-18(2)16-19/h8-14,16H,3-7,15,17H2,1-2H3,(H,25,26,28). The van der Waals surface area contributed by atoms with E-state index < -0.39 is 0 Å². The molecule has 164 valence electrons. The highest BCUT2D eigenvalue weighted by molar-refractivity contribution is 8.00. The molecule has 0 aliphatic heterocycles. The van der Waals surface area contributed by atoms with E-state index in [9.17, 15) is 4.79 Å². The van der Waals surface area contributed by atoms with Crippen molar-refractivity contribution in [1.29, 1.82) is 0 Å². The zero-order valence-electron chi connectivity index (χ0n) is 18.1. The number of carbonyl (C=O) groups excluding carboxylic acids is 1. The first-order chi connectivity index (χ1) is 15.1. The Morgan fingerprint density at radius 3 is 2.65 bits per heavy atom. The molecule has 31 heavy (non-hydrogen) atoms. The highest BCUT2D eigenvalue weighted by Gasteiger charge is 2.11. The highest BCUT2D eigenvalue weighted by atomic mass is 32.2. The molecule has 0 saturated heterocycles. The van der Waals surface area contributed by atoms with Crippen LogP contribution in [0.3, 0.4) is 0 Å². The predicted octanol–water partition coefficient (Wildman–Crippen LogP) is 6.74. The van der Waals surface area contributed by atoms with E-state index >= 15 is 0 Å². The second kappa shape index (κ2) is 12.5. The number of aromatic nitrogens is 2. The Bertz CT molecular complexity index is 957. The molecule has 0 spiro atoms. The zero-order valence-corrected chi connectivity index (χ0v) is 19.7. The Balaban J connectivity index is 1.43. The van der Waals surface area contributed by atoms with Gasteiger partial charge in [-0.25, -0.2) is 0 Å². The van der Waals surface area contributed by atoms with Crippen LogP contribution in [0.25, 0.3) is 0 Å². The summed E-state index contributed by atoms with van der Waals surface area (Å²) in [6, 6.07) is 15.6. The molecule has 1 heterocycles. The molecular formula is C24H29N3O2S2. The van der Waals surface area contributed by atoms with E-state index in [1.807, 2.05) is 12.1 Å². The van der Waals surface area contributed by atoms with Crippen molar-refractivity contribution in [2.75, 3.05) is 11.9 Å². The van der Waals surface area contributed by atoms with Gasteiger partial charge in [0.15, 0.2) is 4.34 Å². The fraction of sp³-hybridized carbons (Fsp3) is 0.375. The van der Waals surface area contributed by atoms with Crippen LogP contribution in [0.2, 0.25) is 0 Å². The number of carbonyl (C=O) groups is 1. The molecule has 0 atom stereocenters. The van der Waals surface area contributed by atoms with Crippen molar-refractivity contribution in [3.8, 4) is 5.75 Å². The average Bonchev–Trinajstić information content (AvgIpc) is 3.22. The van der Waals surface area contributed by atoms with Crippen molar-refractivity contribution in [1.82, 2.24) is 10.2 Å². The predicted molar refractivity (Wildman–Crippen MR) is 129 cm³/mol. The third-order valence-electron chi connectivity index (χ3n) is 4.70. The molecule has 0 aliphatic carbocycles. The minimum absolute atomic E-state index is 0.197. The van der Waals surface area contributed by atoms with Crippen LogP contribution in [0.15, 0.2) is 52.9 Å². The molecule has 1 aromatic heterocycles. The third kappa shape index (κ3) is 7.99. The Morgan fingerprint density at radius 1 is 1.06 bits per heavy atom. The van der Waals surface area contributed by atoms with Gasteiger partial charge < -0.3 is 4.74 Å². The van der Waals surface area contributed by atoms with Crippen LogP contribution < -0.4 is 10.1 Å². The number of nitrogens with one attached hydrogen (secondary N) is 1. The summed E-state index contributed by atoms with van der Waals surface area (Å²) in [6.45, 7) is 5.01. The molecule has 1 N–H and O–H groups in total. The summed E-state index contributed by atoms with van der Waals surface area (Å²) >= 11 is 3.00. The van der Waals surface area contributed by atoms with Crippen LogP contribution in [-0.2, 0) is 5.75 Å². The number of rotatable bonds is 12. The summed E-state index contributed by atoms with van der Waals surface area (Å²) in [5.41, 5.74) is 3.06. The van der Waals surface area contributed by atoms with E-state index in [-0.39, 0.29) is 5.91 Å². The van der Waals surface area contributed by atoms with Gasteiger partial charge in [0.25, 0.3) is 5.91 Å². The van der Waals surface area contributed by atoms with E-state index in [0.717, 1.165) is 22.3 Å². The van der Waals surface area contributed by atoms with E-state index in [1.54, 1.807) is 23.9 Å². The molecule has 0 bridgehead atoms. The topological polar surface area (TPSA) is 64.1 Å². The van der Waals surface area contributed by atoms with Crippen molar-refractivity contribution in [2.45, 2.75) is 56.0 Å². The van der Waals surface area contributed by atoms with Crippen molar-refractivity contribution >= 4 is 34.1 Å². The molecular weight excluding hydrogens is 426 g/mol. The lowest BCUT2D eigenvalue weighted by atomic mass is 10.2. The number of aryl methyl sites for hydroxylation is 1. The third-order valence-corrected chi connectivity index (χ3v) is 6.75. The van der Waals surface area contributed by atoms with E-state index in [0.29, 0.717) is 17.3 Å². The smallest absolute Gasteiger partial charge is 0.257 e. The number of ether oxygens (including phenoxy) is 1. The normalized spacial score (nSPS) is 10.8. The Hall–Kier alpha value is -2.38. The van der Waals surface area contributed by atoms with Gasteiger partial charge in [0.2, 0.25) is 5.13 Å². The molecule has 5 nitrogen and oxygen atoms in total. The molecule has 0 aliphatic rings. The van der Waals surface area contributed by atoms with Crippen LogP contribution in [0.5, 0.6) is 5.75 Å². The maximum atomic E-state index is 12.5. The van der Waals surface area contributed by atoms with Crippen LogP contribution in [0.1, 0.15) is 60.5 Å². The van der Waals surface area contributed by atoms with Crippen LogP contribution in [0, 0.1) is 6.92 Å². The van der Waals surface area contributed by atoms with Crippen molar-refractivity contribution < 1.29 is 9.53 Å². The molecule has 7 heteroatoms. The van der Waals surface area contributed by atoms with Gasteiger partial charge in [-0.05, 0) is 43.2 Å². The van der Waals surface area contributed by atoms with Gasteiger partial charge >= 0.3 is 0 Å². The molecule has 3 rings (SSSR count). The second-order valence-electron chi connectivity index (χ2n) is 7.39. The molecule has 0 fully saturated rings. The quantitative estimate of drug-likeness (QED) is 0.186. The lowest BCUT2D eigenvalue weighted by Gasteiger charge is -2.07. The van der Waals surface area contributed by atoms with E-state index in [2.05, 4.69) is 53.6 Å². The molecule has 0 saturated carbocycles. The van der Waals surface area contributed by atoms with Gasteiger partial charge in [-0.1, -0.05) is 85.5 Å². The lowest BCUT2D eigenvalue weighted by molar-refractivity contribution is 0.102. The van der Waals surface area contributed by atoms with Crippen LogP contribution >= 0.6 is 23.1 Å². The number of benzene rings is 2. The van der Waals surface area contributed by atoms with Crippen LogP contribution in [0.4, 0.5) is 5.13 Å². The van der Waals surface area contributed by atoms with Crippen molar-refractivity contribution in [3.63, 3.8) is 0 Å². The Labute approximate surface area is 192 Å². The fourth-order valence-corrected chi connectivity index (χ4v) is 4.72. The SMILES string of the molecule is CCCCCCCOc1ccc(C(=O)Nc2nnc(SCc3cccc(C)c3)s2)cc1. The Kier molecular flexibility index (Phi) is 9.37. The average molecular weight is 456 g/mol. The maximum Gasteiger partial charge on any atom is 0.257 e. The number of hydrogen-bond acceptors (Lipinski definition) is 6. The summed E-state index contributed by atoms with van der Waals surface area (Å²) in [6.07, 6.45) is 6.04. The number of anilines is 1. The molecule has 2 aromatic carbocycles. The first-order valence-corrected chi connectivity index (χ1v) is 12.5. The fourth-order valence-electron chi connectivity index (χ4n) is 3.03. The van der Waals surface area contributed by atoms with Crippen molar-refractivity contribution in [2.24, 2.45) is 0 Å². The molecule has 0 unspecified atom stereocenters. The van der Waals surface area contributed by atoms with Gasteiger partial charge in [-0.15, -0.1) is 10.2 Å². The number of nitrogens with zero attached hydrogens (tertiary/aromatic N) is 2. The minimum Gasteiger partial charge on any atom is -0.494 e. The second-order valence-corrected chi connectivity index (χ2v) is 9.59. The lowest BCUT2D eigenvalue weighted by Crippen LogP contribution is -2.11. The summed E-state index contributed by atoms with van der Waals surface area (Å²) in [7, 11) is 0. The Morgan fingerprint density at radius 2 is 1.87 bits per heavy atom. The largest absolute Gasteiger partial charge is 0.494 e. The molecule has 0 radical (unpaired) electrons. The van der Waals surface area contributed by atoms with Gasteiger partial charge in [0.05, 0.1) is 6.61 Å².